The number of hydrogen-bond acceptors (Lipinski definition) is 4. The minimum Gasteiger partial charge on any atom is -0.356 e. The lowest BCUT2D eigenvalue weighted by Gasteiger charge is -2.35. The van der Waals surface area contributed by atoms with Crippen LogP contribution in [-0.2, 0) is 25.6 Å². The number of thiazole rings is 1. The van der Waals surface area contributed by atoms with E-state index in [1.54, 1.807) is 7.05 Å². The van der Waals surface area contributed by atoms with Crippen molar-refractivity contribution in [3.05, 3.63) is 51.5 Å². The van der Waals surface area contributed by atoms with Gasteiger partial charge in [-0.25, -0.2) is 4.98 Å². The van der Waals surface area contributed by atoms with Crippen molar-refractivity contribution in [2.75, 3.05) is 26.7 Å². The van der Waals surface area contributed by atoms with E-state index in [-0.39, 0.29) is 0 Å². The largest absolute Gasteiger partial charge is 0.434 e. The second-order valence-electron chi connectivity index (χ2n) is 7.31. The molecule has 1 aromatic heterocycles. The molecule has 164 valence electrons. The zero-order valence-electron chi connectivity index (χ0n) is 17.3. The Morgan fingerprint density at radius 1 is 1.27 bits per heavy atom. The van der Waals surface area contributed by atoms with Crippen molar-refractivity contribution in [2.45, 2.75) is 44.9 Å². The Kier molecular flexibility index (Phi) is 7.71. The maximum absolute atomic E-state index is 12.6. The van der Waals surface area contributed by atoms with E-state index in [0.717, 1.165) is 49.2 Å². The van der Waals surface area contributed by atoms with Gasteiger partial charge in [0.1, 0.15) is 0 Å². The van der Waals surface area contributed by atoms with E-state index in [4.69, 9.17) is 0 Å². The highest BCUT2D eigenvalue weighted by Crippen LogP contribution is 2.30. The van der Waals surface area contributed by atoms with Crippen LogP contribution < -0.4 is 10.6 Å². The first-order valence-corrected chi connectivity index (χ1v) is 11.1. The van der Waals surface area contributed by atoms with E-state index in [1.165, 1.54) is 11.1 Å². The van der Waals surface area contributed by atoms with Gasteiger partial charge < -0.3 is 10.6 Å². The van der Waals surface area contributed by atoms with Crippen LogP contribution in [0.3, 0.4) is 0 Å². The first kappa shape index (κ1) is 22.6. The molecule has 3 rings (SSSR count). The van der Waals surface area contributed by atoms with Gasteiger partial charge in [0.25, 0.3) is 0 Å². The molecular weight excluding hydrogens is 411 g/mol. The van der Waals surface area contributed by atoms with Crippen LogP contribution in [0.2, 0.25) is 0 Å². The van der Waals surface area contributed by atoms with Crippen molar-refractivity contribution < 1.29 is 13.2 Å². The number of rotatable bonds is 7. The molecule has 0 saturated heterocycles. The highest BCUT2D eigenvalue weighted by atomic mass is 32.1. The summed E-state index contributed by atoms with van der Waals surface area (Å²) in [5.41, 5.74) is 2.01. The molecule has 2 heterocycles. The van der Waals surface area contributed by atoms with Crippen molar-refractivity contribution in [1.82, 2.24) is 20.5 Å². The molecule has 0 spiro atoms. The van der Waals surface area contributed by atoms with Gasteiger partial charge in [-0.1, -0.05) is 31.2 Å². The molecule has 2 N–H and O–H groups in total. The Labute approximate surface area is 179 Å². The zero-order chi connectivity index (χ0) is 21.6. The fourth-order valence-corrected chi connectivity index (χ4v) is 4.44. The molecule has 0 saturated carbocycles. The van der Waals surface area contributed by atoms with E-state index in [9.17, 15) is 13.2 Å². The van der Waals surface area contributed by atoms with Crippen LogP contribution in [0.1, 0.15) is 35.2 Å². The van der Waals surface area contributed by atoms with Crippen molar-refractivity contribution in [3.63, 3.8) is 0 Å². The van der Waals surface area contributed by atoms with E-state index in [2.05, 4.69) is 56.7 Å². The van der Waals surface area contributed by atoms with Crippen molar-refractivity contribution in [2.24, 2.45) is 4.99 Å². The molecule has 2 aromatic rings. The monoisotopic (exact) mass is 439 g/mol. The average molecular weight is 440 g/mol. The summed E-state index contributed by atoms with van der Waals surface area (Å²) in [7, 11) is 1.69. The molecule has 1 aromatic carbocycles. The predicted octanol–water partition coefficient (Wildman–Crippen LogP) is 3.71. The summed E-state index contributed by atoms with van der Waals surface area (Å²) >= 11 is 1.03. The Balaban J connectivity index is 1.45. The Bertz CT molecular complexity index is 849. The number of aromatic nitrogens is 1. The number of benzene rings is 1. The normalized spacial score (nSPS) is 16.2. The molecule has 0 radical (unpaired) electrons. The molecule has 0 amide bonds. The number of aliphatic imine (C=N–C) groups is 1. The molecule has 9 heteroatoms. The van der Waals surface area contributed by atoms with Crippen LogP contribution in [0, 0.1) is 0 Å². The highest BCUT2D eigenvalue weighted by molar-refractivity contribution is 7.09. The van der Waals surface area contributed by atoms with Gasteiger partial charge in [0.05, 0.1) is 5.01 Å². The first-order valence-electron chi connectivity index (χ1n) is 10.2. The lowest BCUT2D eigenvalue weighted by atomic mass is 9.98. The molecular formula is C21H28F3N5S. The molecule has 1 aliphatic rings. The SMILES string of the molecule is CCC(CNC(=NC)NCCc1nc(C(F)(F)F)cs1)N1CCc2ccccc2C1. The van der Waals surface area contributed by atoms with E-state index >= 15 is 0 Å². The van der Waals surface area contributed by atoms with Crippen molar-refractivity contribution in [3.8, 4) is 0 Å². The van der Waals surface area contributed by atoms with Crippen molar-refractivity contribution in [1.29, 1.82) is 0 Å². The second kappa shape index (κ2) is 10.3. The predicted molar refractivity (Wildman–Crippen MR) is 115 cm³/mol. The van der Waals surface area contributed by atoms with Gasteiger partial charge in [0, 0.05) is 51.1 Å². The maximum Gasteiger partial charge on any atom is 0.434 e. The number of nitrogens with one attached hydrogen (secondary N) is 2. The van der Waals surface area contributed by atoms with Gasteiger partial charge >= 0.3 is 6.18 Å². The fraction of sp³-hybridized carbons (Fsp3) is 0.524. The van der Waals surface area contributed by atoms with Crippen LogP contribution in [0.25, 0.3) is 0 Å². The van der Waals surface area contributed by atoms with Gasteiger partial charge in [-0.05, 0) is 24.0 Å². The van der Waals surface area contributed by atoms with Crippen molar-refractivity contribution >= 4 is 17.3 Å². The van der Waals surface area contributed by atoms with Gasteiger partial charge in [-0.2, -0.15) is 13.2 Å². The van der Waals surface area contributed by atoms with Crippen LogP contribution in [-0.4, -0.2) is 48.6 Å². The summed E-state index contributed by atoms with van der Waals surface area (Å²) in [6.45, 7) is 5.40. The topological polar surface area (TPSA) is 52.6 Å². The summed E-state index contributed by atoms with van der Waals surface area (Å²) in [5.74, 6) is 0.651. The number of fused-ring (bicyclic) bond motifs is 1. The lowest BCUT2D eigenvalue weighted by Crippen LogP contribution is -2.48. The van der Waals surface area contributed by atoms with Crippen LogP contribution >= 0.6 is 11.3 Å². The Hall–Kier alpha value is -2.13. The molecule has 0 aliphatic carbocycles. The molecule has 5 nitrogen and oxygen atoms in total. The molecule has 1 unspecified atom stereocenters. The summed E-state index contributed by atoms with van der Waals surface area (Å²) in [6, 6.07) is 8.97. The quantitative estimate of drug-likeness (QED) is 0.510. The lowest BCUT2D eigenvalue weighted by molar-refractivity contribution is -0.140. The summed E-state index contributed by atoms with van der Waals surface area (Å²) in [6.07, 6.45) is -1.88. The molecule has 30 heavy (non-hydrogen) atoms. The molecule has 1 aliphatic heterocycles. The summed E-state index contributed by atoms with van der Waals surface area (Å²) in [4.78, 5) is 10.4. The van der Waals surface area contributed by atoms with Crippen LogP contribution in [0.4, 0.5) is 13.2 Å². The van der Waals surface area contributed by atoms with Crippen LogP contribution in [0.5, 0.6) is 0 Å². The molecule has 1 atom stereocenters. The maximum atomic E-state index is 12.6. The smallest absolute Gasteiger partial charge is 0.356 e. The van der Waals surface area contributed by atoms with Gasteiger partial charge in [0.15, 0.2) is 11.7 Å². The van der Waals surface area contributed by atoms with Gasteiger partial charge in [-0.15, -0.1) is 11.3 Å². The molecule has 0 bridgehead atoms. The van der Waals surface area contributed by atoms with E-state index in [1.807, 2.05) is 0 Å². The van der Waals surface area contributed by atoms with E-state index in [0.29, 0.717) is 30.0 Å². The minimum absolute atomic E-state index is 0.380. The third kappa shape index (κ3) is 5.95. The number of hydrogen-bond donors (Lipinski definition) is 2. The number of guanidine groups is 1. The fourth-order valence-electron chi connectivity index (χ4n) is 3.64. The Morgan fingerprint density at radius 2 is 2.03 bits per heavy atom. The van der Waals surface area contributed by atoms with Gasteiger partial charge in [-0.3, -0.25) is 9.89 Å². The second-order valence-corrected chi connectivity index (χ2v) is 8.25. The number of halogens is 3. The van der Waals surface area contributed by atoms with Crippen LogP contribution in [0.15, 0.2) is 34.6 Å². The average Bonchev–Trinajstić information content (AvgIpc) is 3.22. The summed E-state index contributed by atoms with van der Waals surface area (Å²) in [5, 5.41) is 8.05. The third-order valence-electron chi connectivity index (χ3n) is 5.35. The molecule has 0 fully saturated rings. The highest BCUT2D eigenvalue weighted by Gasteiger charge is 2.33. The number of nitrogens with zero attached hydrogens (tertiary/aromatic N) is 3. The van der Waals surface area contributed by atoms with E-state index < -0.39 is 11.9 Å². The minimum atomic E-state index is -4.39. The first-order chi connectivity index (χ1) is 14.4. The third-order valence-corrected chi connectivity index (χ3v) is 6.26. The standard InChI is InChI=1S/C21H28F3N5S/c1-3-17(29-11-9-15-6-4-5-7-16(15)13-29)12-27-20(25-2)26-10-8-19-28-18(14-30-19)21(22,23)24/h4-7,14,17H,3,8-13H2,1-2H3,(H2,25,26,27). The van der Waals surface area contributed by atoms with Gasteiger partial charge in [0.2, 0.25) is 0 Å². The zero-order valence-corrected chi connectivity index (χ0v) is 18.1. The Morgan fingerprint density at radius 3 is 2.70 bits per heavy atom. The summed E-state index contributed by atoms with van der Waals surface area (Å²) < 4.78 is 37.9. The number of alkyl halides is 3.